The van der Waals surface area contributed by atoms with Crippen LogP contribution in [0.1, 0.15) is 0 Å². The molecule has 1 aromatic carbocycles. The summed E-state index contributed by atoms with van der Waals surface area (Å²) in [5, 5.41) is 4.39. The highest BCUT2D eigenvalue weighted by atomic mass is 31.2. The first-order chi connectivity index (χ1) is 10.6. The minimum Gasteiger partial charge on any atom is -0.384 e. The summed E-state index contributed by atoms with van der Waals surface area (Å²) < 4.78 is 24.1. The van der Waals surface area contributed by atoms with E-state index in [1.54, 1.807) is 6.07 Å². The molecular weight excluding hydrogens is 303 g/mol. The van der Waals surface area contributed by atoms with E-state index in [0.717, 1.165) is 5.56 Å². The van der Waals surface area contributed by atoms with Gasteiger partial charge in [0.25, 0.3) is 0 Å². The summed E-state index contributed by atoms with van der Waals surface area (Å²) in [6.07, 6.45) is 1.40. The van der Waals surface area contributed by atoms with Gasteiger partial charge in [-0.3, -0.25) is 4.57 Å². The van der Waals surface area contributed by atoms with E-state index in [1.165, 1.54) is 24.9 Å². The van der Waals surface area contributed by atoms with Gasteiger partial charge in [0.1, 0.15) is 11.1 Å². The first-order valence-electron chi connectivity index (χ1n) is 6.51. The number of nitrogens with zero attached hydrogens (tertiary/aromatic N) is 3. The molecule has 3 aromatic rings. The predicted octanol–water partition coefficient (Wildman–Crippen LogP) is 2.09. The van der Waals surface area contributed by atoms with Crippen LogP contribution < -0.4 is 11.0 Å². The third kappa shape index (κ3) is 2.29. The minimum atomic E-state index is -3.46. The summed E-state index contributed by atoms with van der Waals surface area (Å²) in [4.78, 5) is 4.52. The number of hydrogen-bond acceptors (Lipinski definition) is 6. The molecule has 22 heavy (non-hydrogen) atoms. The van der Waals surface area contributed by atoms with Crippen LogP contribution in [0.5, 0.6) is 0 Å². The zero-order valence-electron chi connectivity index (χ0n) is 12.1. The lowest BCUT2D eigenvalue weighted by Gasteiger charge is -2.12. The van der Waals surface area contributed by atoms with Crippen LogP contribution in [-0.2, 0) is 13.6 Å². The second-order valence-corrected chi connectivity index (χ2v) is 6.77. The van der Waals surface area contributed by atoms with E-state index in [-0.39, 0.29) is 5.30 Å². The average Bonchev–Trinajstić information content (AvgIpc) is 3.00. The molecule has 0 saturated carbocycles. The second-order valence-electron chi connectivity index (χ2n) is 4.56. The maximum Gasteiger partial charge on any atom is 0.366 e. The monoisotopic (exact) mass is 318 g/mol. The third-order valence-corrected chi connectivity index (χ3v) is 5.19. The van der Waals surface area contributed by atoms with E-state index >= 15 is 0 Å². The van der Waals surface area contributed by atoms with Crippen molar-refractivity contribution >= 4 is 24.4 Å². The molecule has 0 fully saturated rings. The first-order valence-corrected chi connectivity index (χ1v) is 8.05. The van der Waals surface area contributed by atoms with Crippen molar-refractivity contribution in [2.75, 3.05) is 20.0 Å². The lowest BCUT2D eigenvalue weighted by molar-refractivity contribution is 0.287. The van der Waals surface area contributed by atoms with Gasteiger partial charge >= 0.3 is 7.60 Å². The summed E-state index contributed by atoms with van der Waals surface area (Å²) >= 11 is 0. The van der Waals surface area contributed by atoms with E-state index in [9.17, 15) is 4.57 Å². The van der Waals surface area contributed by atoms with Gasteiger partial charge in [-0.05, 0) is 0 Å². The Morgan fingerprint density at radius 2 is 1.86 bits per heavy atom. The zero-order chi connectivity index (χ0) is 15.7. The minimum absolute atomic E-state index is 0.280. The molecular formula is C14H15N4O3P. The quantitative estimate of drug-likeness (QED) is 0.741. The Kier molecular flexibility index (Phi) is 3.70. The Hall–Kier alpha value is -2.21. The highest BCUT2D eigenvalue weighted by Gasteiger charge is 2.30. The molecule has 2 heterocycles. The Morgan fingerprint density at radius 3 is 2.50 bits per heavy atom. The number of fused-ring (bicyclic) bond motifs is 1. The number of anilines is 1. The van der Waals surface area contributed by atoms with Crippen molar-refractivity contribution in [3.63, 3.8) is 0 Å². The van der Waals surface area contributed by atoms with E-state index in [0.29, 0.717) is 17.2 Å². The van der Waals surface area contributed by atoms with Crippen molar-refractivity contribution in [2.45, 2.75) is 0 Å². The molecule has 0 aliphatic carbocycles. The number of aromatic nitrogens is 3. The maximum absolute atomic E-state index is 12.6. The Morgan fingerprint density at radius 1 is 1.18 bits per heavy atom. The standard InChI is InChI=1S/C14H15N4O3P/c1-20-22(19,21-2)12-9-16-18-13(15)8-11(17-14(12)18)10-6-4-3-5-7-10/h3-9H,15H2,1-2H3. The van der Waals surface area contributed by atoms with Crippen LogP contribution >= 0.6 is 7.60 Å². The summed E-state index contributed by atoms with van der Waals surface area (Å²) in [7, 11) is -0.829. The summed E-state index contributed by atoms with van der Waals surface area (Å²) in [6.45, 7) is 0. The maximum atomic E-state index is 12.6. The second kappa shape index (κ2) is 5.53. The van der Waals surface area contributed by atoms with Crippen LogP contribution in [0.15, 0.2) is 42.6 Å². The lowest BCUT2D eigenvalue weighted by atomic mass is 10.1. The van der Waals surface area contributed by atoms with Gasteiger partial charge in [-0.25, -0.2) is 4.98 Å². The molecule has 3 rings (SSSR count). The summed E-state index contributed by atoms with van der Waals surface area (Å²) in [5.41, 5.74) is 7.93. The third-order valence-electron chi connectivity index (χ3n) is 3.33. The van der Waals surface area contributed by atoms with E-state index < -0.39 is 7.60 Å². The fraction of sp³-hybridized carbons (Fsp3) is 0.143. The molecule has 0 aliphatic heterocycles. The SMILES string of the molecule is COP(=O)(OC)c1cnn2c(N)cc(-c3ccccc3)nc12. The Bertz CT molecular complexity index is 855. The van der Waals surface area contributed by atoms with Crippen molar-refractivity contribution < 1.29 is 13.6 Å². The highest BCUT2D eigenvalue weighted by Crippen LogP contribution is 2.46. The van der Waals surface area contributed by atoms with Crippen molar-refractivity contribution in [1.82, 2.24) is 14.6 Å². The zero-order valence-corrected chi connectivity index (χ0v) is 13.0. The molecule has 2 aromatic heterocycles. The first kappa shape index (κ1) is 14.7. The largest absolute Gasteiger partial charge is 0.384 e. The van der Waals surface area contributed by atoms with Gasteiger partial charge < -0.3 is 14.8 Å². The molecule has 2 N–H and O–H groups in total. The number of benzene rings is 1. The van der Waals surface area contributed by atoms with Gasteiger partial charge in [-0.15, -0.1) is 0 Å². The molecule has 0 radical (unpaired) electrons. The molecule has 0 atom stereocenters. The molecule has 0 unspecified atom stereocenters. The molecule has 114 valence electrons. The van der Waals surface area contributed by atoms with Crippen LogP contribution in [0.3, 0.4) is 0 Å². The molecule has 0 aliphatic rings. The predicted molar refractivity (Wildman–Crippen MR) is 84.1 cm³/mol. The molecule has 0 saturated heterocycles. The van der Waals surface area contributed by atoms with E-state index in [2.05, 4.69) is 10.1 Å². The van der Waals surface area contributed by atoms with E-state index in [4.69, 9.17) is 14.8 Å². The molecule has 7 nitrogen and oxygen atoms in total. The highest BCUT2D eigenvalue weighted by molar-refractivity contribution is 7.62. The van der Waals surface area contributed by atoms with Gasteiger partial charge in [0, 0.05) is 25.8 Å². The van der Waals surface area contributed by atoms with Crippen molar-refractivity contribution in [1.29, 1.82) is 0 Å². The van der Waals surface area contributed by atoms with Crippen LogP contribution in [0.2, 0.25) is 0 Å². The van der Waals surface area contributed by atoms with Gasteiger partial charge in [-0.1, -0.05) is 30.3 Å². The lowest BCUT2D eigenvalue weighted by Crippen LogP contribution is -2.10. The summed E-state index contributed by atoms with van der Waals surface area (Å²) in [6, 6.07) is 11.3. The van der Waals surface area contributed by atoms with Crippen LogP contribution in [0.25, 0.3) is 16.9 Å². The normalized spacial score (nSPS) is 11.9. The topological polar surface area (TPSA) is 91.7 Å². The number of nitrogen functional groups attached to an aromatic ring is 1. The van der Waals surface area contributed by atoms with Crippen molar-refractivity contribution in [3.05, 3.63) is 42.6 Å². The van der Waals surface area contributed by atoms with E-state index in [1.807, 2.05) is 30.3 Å². The average molecular weight is 318 g/mol. The molecule has 0 bridgehead atoms. The van der Waals surface area contributed by atoms with Gasteiger partial charge in [0.2, 0.25) is 0 Å². The van der Waals surface area contributed by atoms with Crippen molar-refractivity contribution in [3.8, 4) is 11.3 Å². The molecule has 0 amide bonds. The van der Waals surface area contributed by atoms with Gasteiger partial charge in [-0.2, -0.15) is 9.61 Å². The van der Waals surface area contributed by atoms with Gasteiger partial charge in [0.05, 0.1) is 11.9 Å². The Balaban J connectivity index is 2.27. The fourth-order valence-corrected chi connectivity index (χ4v) is 3.32. The van der Waals surface area contributed by atoms with Crippen LogP contribution in [0.4, 0.5) is 5.82 Å². The smallest absolute Gasteiger partial charge is 0.366 e. The number of rotatable bonds is 4. The molecule has 8 heteroatoms. The fourth-order valence-electron chi connectivity index (χ4n) is 2.20. The van der Waals surface area contributed by atoms with Gasteiger partial charge in [0.15, 0.2) is 5.65 Å². The summed E-state index contributed by atoms with van der Waals surface area (Å²) in [5.74, 6) is 0.383. The number of hydrogen-bond donors (Lipinski definition) is 1. The van der Waals surface area contributed by atoms with Crippen LogP contribution in [-0.4, -0.2) is 28.8 Å². The van der Waals surface area contributed by atoms with Crippen LogP contribution in [0, 0.1) is 0 Å². The number of nitrogens with two attached hydrogens (primary N) is 1. The van der Waals surface area contributed by atoms with Crippen molar-refractivity contribution in [2.24, 2.45) is 0 Å². The molecule has 0 spiro atoms. The Labute approximate surface area is 127 Å².